The summed E-state index contributed by atoms with van der Waals surface area (Å²) in [6.45, 7) is 0. The summed E-state index contributed by atoms with van der Waals surface area (Å²) >= 11 is 4.84. The number of nitrogens with zero attached hydrogens (tertiary/aromatic N) is 3. The van der Waals surface area contributed by atoms with Crippen LogP contribution < -0.4 is 0 Å². The zero-order valence-corrected chi connectivity index (χ0v) is 6.17. The fourth-order valence-electron chi connectivity index (χ4n) is 0.858. The number of aromatic nitrogens is 4. The van der Waals surface area contributed by atoms with Crippen LogP contribution in [0, 0.1) is 4.64 Å². The maximum absolute atomic E-state index is 9.12. The first-order valence-corrected chi connectivity index (χ1v) is 3.30. The third-order valence-corrected chi connectivity index (χ3v) is 1.63. The monoisotopic (exact) mass is 168 g/mol. The Hall–Kier alpha value is -1.43. The van der Waals surface area contributed by atoms with Crippen LogP contribution >= 0.6 is 12.2 Å². The van der Waals surface area contributed by atoms with E-state index < -0.39 is 0 Å². The minimum Gasteiger partial charge on any atom is -0.427 e. The van der Waals surface area contributed by atoms with Crippen molar-refractivity contribution in [2.45, 2.75) is 0 Å². The fourth-order valence-corrected chi connectivity index (χ4v) is 1.10. The Balaban J connectivity index is 3.08. The van der Waals surface area contributed by atoms with Gasteiger partial charge in [0.15, 0.2) is 15.8 Å². The van der Waals surface area contributed by atoms with E-state index in [0.29, 0.717) is 15.8 Å². The molecule has 0 saturated heterocycles. The molecule has 2 aromatic rings. The molecule has 0 fully saturated rings. The maximum Gasteiger partial charge on any atom is 0.163 e. The molecule has 0 spiro atoms. The third-order valence-electron chi connectivity index (χ3n) is 1.34. The van der Waals surface area contributed by atoms with E-state index in [-0.39, 0.29) is 0 Å². The topological polar surface area (TPSA) is 66.7 Å². The number of fused-ring (bicyclic) bond motifs is 1. The first-order chi connectivity index (χ1) is 5.29. The van der Waals surface area contributed by atoms with Crippen molar-refractivity contribution >= 4 is 23.4 Å². The van der Waals surface area contributed by atoms with Gasteiger partial charge in [-0.2, -0.15) is 4.73 Å². The number of imidazole rings is 1. The zero-order chi connectivity index (χ0) is 7.84. The second-order valence-electron chi connectivity index (χ2n) is 1.99. The van der Waals surface area contributed by atoms with E-state index in [1.165, 1.54) is 12.7 Å². The minimum atomic E-state index is 0.332. The number of rotatable bonds is 0. The van der Waals surface area contributed by atoms with E-state index in [0.717, 1.165) is 4.73 Å². The number of hydrogen-bond donors (Lipinski definition) is 2. The van der Waals surface area contributed by atoms with E-state index in [1.54, 1.807) is 0 Å². The van der Waals surface area contributed by atoms with Crippen molar-refractivity contribution < 1.29 is 5.21 Å². The van der Waals surface area contributed by atoms with Crippen LogP contribution in [0.5, 0.6) is 0 Å². The first-order valence-electron chi connectivity index (χ1n) is 2.89. The molecule has 2 rings (SSSR count). The zero-order valence-electron chi connectivity index (χ0n) is 5.35. The molecule has 2 N–H and O–H groups in total. The molecule has 0 aliphatic carbocycles. The van der Waals surface area contributed by atoms with Crippen LogP contribution in [-0.2, 0) is 0 Å². The molecule has 2 aromatic heterocycles. The van der Waals surface area contributed by atoms with Crippen molar-refractivity contribution in [3.05, 3.63) is 17.3 Å². The average Bonchev–Trinajstić information content (AvgIpc) is 2.34. The summed E-state index contributed by atoms with van der Waals surface area (Å²) in [5.41, 5.74) is 0.968. The SMILES string of the molecule is On1cnc2[nH]cnc(=S)c21. The Kier molecular flexibility index (Phi) is 1.16. The highest BCUT2D eigenvalue weighted by molar-refractivity contribution is 7.71. The molecule has 0 atom stereocenters. The highest BCUT2D eigenvalue weighted by Gasteiger charge is 2.01. The quantitative estimate of drug-likeness (QED) is 0.449. The van der Waals surface area contributed by atoms with Gasteiger partial charge in [-0.05, 0) is 0 Å². The molecule has 0 aliphatic heterocycles. The van der Waals surface area contributed by atoms with Crippen LogP contribution in [0.1, 0.15) is 0 Å². The van der Waals surface area contributed by atoms with Crippen molar-refractivity contribution in [3.63, 3.8) is 0 Å². The number of aromatic amines is 1. The molecule has 11 heavy (non-hydrogen) atoms. The van der Waals surface area contributed by atoms with Crippen LogP contribution in [0.3, 0.4) is 0 Å². The molecule has 0 saturated carbocycles. The highest BCUT2D eigenvalue weighted by Crippen LogP contribution is 2.06. The average molecular weight is 168 g/mol. The molecule has 0 radical (unpaired) electrons. The molecule has 0 bridgehead atoms. The Labute approximate surface area is 66.3 Å². The predicted molar refractivity (Wildman–Crippen MR) is 39.9 cm³/mol. The van der Waals surface area contributed by atoms with Gasteiger partial charge < -0.3 is 10.2 Å². The molecule has 0 amide bonds. The van der Waals surface area contributed by atoms with Crippen molar-refractivity contribution in [2.75, 3.05) is 0 Å². The highest BCUT2D eigenvalue weighted by atomic mass is 32.1. The van der Waals surface area contributed by atoms with Crippen molar-refractivity contribution in [1.29, 1.82) is 0 Å². The summed E-state index contributed by atoms with van der Waals surface area (Å²) in [7, 11) is 0. The van der Waals surface area contributed by atoms with Crippen molar-refractivity contribution in [1.82, 2.24) is 19.7 Å². The van der Waals surface area contributed by atoms with E-state index in [9.17, 15) is 0 Å². The van der Waals surface area contributed by atoms with Crippen LogP contribution in [0.15, 0.2) is 12.7 Å². The maximum atomic E-state index is 9.12. The van der Waals surface area contributed by atoms with E-state index >= 15 is 0 Å². The molecule has 2 heterocycles. The van der Waals surface area contributed by atoms with Gasteiger partial charge in [-0.1, -0.05) is 12.2 Å². The van der Waals surface area contributed by atoms with Crippen molar-refractivity contribution in [3.8, 4) is 0 Å². The number of H-pyrrole nitrogens is 1. The Morgan fingerprint density at radius 3 is 3.09 bits per heavy atom. The summed E-state index contributed by atoms with van der Waals surface area (Å²) in [6, 6.07) is 0. The van der Waals surface area contributed by atoms with Crippen LogP contribution in [0.2, 0.25) is 0 Å². The summed E-state index contributed by atoms with van der Waals surface area (Å²) < 4.78 is 1.18. The van der Waals surface area contributed by atoms with Crippen molar-refractivity contribution in [2.24, 2.45) is 0 Å². The van der Waals surface area contributed by atoms with Crippen LogP contribution in [0.25, 0.3) is 11.2 Å². The van der Waals surface area contributed by atoms with Gasteiger partial charge in [0, 0.05) is 0 Å². The predicted octanol–water partition coefficient (Wildman–Crippen LogP) is 0.726. The summed E-state index contributed by atoms with van der Waals surface area (Å²) in [6.07, 6.45) is 2.70. The summed E-state index contributed by atoms with van der Waals surface area (Å²) in [4.78, 5) is 10.4. The second kappa shape index (κ2) is 2.03. The third kappa shape index (κ3) is 0.795. The normalized spacial score (nSPS) is 10.5. The fraction of sp³-hybridized carbons (Fsp3) is 0. The molecular weight excluding hydrogens is 164 g/mol. The van der Waals surface area contributed by atoms with E-state index in [2.05, 4.69) is 15.0 Å². The van der Waals surface area contributed by atoms with Gasteiger partial charge in [-0.15, -0.1) is 0 Å². The molecule has 5 nitrogen and oxygen atoms in total. The van der Waals surface area contributed by atoms with Crippen LogP contribution in [-0.4, -0.2) is 24.9 Å². The molecule has 56 valence electrons. The first kappa shape index (κ1) is 6.29. The van der Waals surface area contributed by atoms with Gasteiger partial charge >= 0.3 is 0 Å². The molecule has 0 aliphatic rings. The minimum absolute atomic E-state index is 0.332. The van der Waals surface area contributed by atoms with Crippen LogP contribution in [0.4, 0.5) is 0 Å². The Bertz CT molecular complexity index is 445. The lowest BCUT2D eigenvalue weighted by Crippen LogP contribution is -1.89. The molecule has 0 unspecified atom stereocenters. The lowest BCUT2D eigenvalue weighted by Gasteiger charge is -1.89. The van der Waals surface area contributed by atoms with Gasteiger partial charge in [-0.3, -0.25) is 0 Å². The largest absolute Gasteiger partial charge is 0.427 e. The number of hydrogen-bond acceptors (Lipinski definition) is 4. The molecular formula is C5H4N4OS. The molecule has 0 aromatic carbocycles. The van der Waals surface area contributed by atoms with Gasteiger partial charge in [0.05, 0.1) is 6.33 Å². The standard InChI is InChI=1S/C5H4N4OS/c10-9-2-8-4-3(9)5(11)7-1-6-4/h1-2,10H,(H,6,7,11). The lowest BCUT2D eigenvalue weighted by molar-refractivity contribution is 0.197. The molecule has 6 heteroatoms. The van der Waals surface area contributed by atoms with Gasteiger partial charge in [0.2, 0.25) is 0 Å². The van der Waals surface area contributed by atoms with E-state index in [1.807, 2.05) is 0 Å². The summed E-state index contributed by atoms with van der Waals surface area (Å²) in [5, 5.41) is 9.12. The lowest BCUT2D eigenvalue weighted by atomic mass is 10.6. The van der Waals surface area contributed by atoms with E-state index in [4.69, 9.17) is 17.4 Å². The summed E-state index contributed by atoms with van der Waals surface area (Å²) in [5.74, 6) is 0. The Morgan fingerprint density at radius 2 is 2.36 bits per heavy atom. The van der Waals surface area contributed by atoms with Gasteiger partial charge in [0.25, 0.3) is 0 Å². The second-order valence-corrected chi connectivity index (χ2v) is 2.38. The van der Waals surface area contributed by atoms with Gasteiger partial charge in [0.1, 0.15) is 6.33 Å². The number of nitrogens with one attached hydrogen (secondary N) is 1. The smallest absolute Gasteiger partial charge is 0.163 e. The Morgan fingerprint density at radius 1 is 1.55 bits per heavy atom. The van der Waals surface area contributed by atoms with Gasteiger partial charge in [-0.25, -0.2) is 9.97 Å².